The molecule has 1 aromatic heterocycles. The minimum atomic E-state index is -0.356. The van der Waals surface area contributed by atoms with E-state index in [9.17, 15) is 10.1 Å². The van der Waals surface area contributed by atoms with E-state index in [0.717, 1.165) is 35.5 Å². The minimum Gasteiger partial charge on any atom is -0.462 e. The summed E-state index contributed by atoms with van der Waals surface area (Å²) < 4.78 is 6.92. The Kier molecular flexibility index (Phi) is 6.87. The van der Waals surface area contributed by atoms with Crippen LogP contribution in [-0.2, 0) is 18.3 Å². The van der Waals surface area contributed by atoms with Crippen LogP contribution in [0.1, 0.15) is 41.8 Å². The molecule has 0 saturated carbocycles. The van der Waals surface area contributed by atoms with Gasteiger partial charge in [-0.1, -0.05) is 49.4 Å². The van der Waals surface area contributed by atoms with Gasteiger partial charge in [-0.25, -0.2) is 4.79 Å². The molecule has 0 aliphatic rings. The maximum atomic E-state index is 12.4. The molecule has 6 heteroatoms. The maximum Gasteiger partial charge on any atom is 0.343 e. The van der Waals surface area contributed by atoms with E-state index in [4.69, 9.17) is 4.74 Å². The number of aryl methyl sites for hydroxylation is 1. The second kappa shape index (κ2) is 9.75. The number of rotatable bonds is 8. The molecule has 6 nitrogen and oxygen atoms in total. The molecule has 0 saturated heterocycles. The van der Waals surface area contributed by atoms with Gasteiger partial charge < -0.3 is 9.64 Å². The number of aromatic nitrogens is 2. The van der Waals surface area contributed by atoms with Crippen molar-refractivity contribution in [1.29, 1.82) is 5.26 Å². The summed E-state index contributed by atoms with van der Waals surface area (Å²) in [7, 11) is 1.84. The average Bonchev–Trinajstić information content (AvgIpc) is 3.15. The Hall–Kier alpha value is -3.59. The van der Waals surface area contributed by atoms with Crippen molar-refractivity contribution in [2.45, 2.75) is 26.8 Å². The van der Waals surface area contributed by atoms with E-state index in [1.54, 1.807) is 17.8 Å². The lowest BCUT2D eigenvalue weighted by Gasteiger charge is -2.25. The van der Waals surface area contributed by atoms with E-state index in [2.05, 4.69) is 35.1 Å². The Labute approximate surface area is 177 Å². The van der Waals surface area contributed by atoms with Gasteiger partial charge in [-0.2, -0.15) is 10.4 Å². The third-order valence-electron chi connectivity index (χ3n) is 4.88. The summed E-state index contributed by atoms with van der Waals surface area (Å²) in [4.78, 5) is 14.5. The number of nitrogens with zero attached hydrogens (tertiary/aromatic N) is 4. The van der Waals surface area contributed by atoms with E-state index in [-0.39, 0.29) is 5.97 Å². The van der Waals surface area contributed by atoms with Crippen LogP contribution >= 0.6 is 0 Å². The molecule has 0 amide bonds. The molecule has 0 unspecified atom stereocenters. The maximum absolute atomic E-state index is 12.4. The second-order valence-electron chi connectivity index (χ2n) is 7.00. The summed E-state index contributed by atoms with van der Waals surface area (Å²) in [5.74, 6) is 0.402. The van der Waals surface area contributed by atoms with Gasteiger partial charge in [0.25, 0.3) is 0 Å². The number of carbonyl (C=O) groups excluding carboxylic acids is 1. The van der Waals surface area contributed by atoms with Gasteiger partial charge in [0.1, 0.15) is 11.4 Å². The fourth-order valence-corrected chi connectivity index (χ4v) is 3.53. The Morgan fingerprint density at radius 3 is 2.57 bits per heavy atom. The highest BCUT2D eigenvalue weighted by atomic mass is 16.5. The van der Waals surface area contributed by atoms with Crippen molar-refractivity contribution in [3.8, 4) is 17.2 Å². The molecule has 0 radical (unpaired) electrons. The molecule has 1 heterocycles. The first-order valence-electron chi connectivity index (χ1n) is 10.1. The topological polar surface area (TPSA) is 71.2 Å². The van der Waals surface area contributed by atoms with Crippen molar-refractivity contribution >= 4 is 11.8 Å². The standard InChI is InChI=1S/C24H26N4O2/c1-4-14-28(23-22(16-26-27(23)3)24(29)30-5-2)17-18-10-12-19(13-11-18)21-9-7-6-8-20(21)15-25/h6-13,16H,4-5,14,17H2,1-3H3. The van der Waals surface area contributed by atoms with Crippen LogP contribution in [0.4, 0.5) is 5.82 Å². The molecule has 0 bridgehead atoms. The van der Waals surface area contributed by atoms with E-state index in [1.165, 1.54) is 0 Å². The van der Waals surface area contributed by atoms with Gasteiger partial charge in [0, 0.05) is 20.1 Å². The van der Waals surface area contributed by atoms with E-state index >= 15 is 0 Å². The van der Waals surface area contributed by atoms with E-state index < -0.39 is 0 Å². The smallest absolute Gasteiger partial charge is 0.343 e. The zero-order valence-electron chi connectivity index (χ0n) is 17.6. The first kappa shape index (κ1) is 21.1. The summed E-state index contributed by atoms with van der Waals surface area (Å²) in [6.45, 7) is 5.65. The van der Waals surface area contributed by atoms with E-state index in [0.29, 0.717) is 24.3 Å². The van der Waals surface area contributed by atoms with Gasteiger partial charge in [-0.3, -0.25) is 4.68 Å². The summed E-state index contributed by atoms with van der Waals surface area (Å²) in [6, 6.07) is 18.0. The normalized spacial score (nSPS) is 10.5. The summed E-state index contributed by atoms with van der Waals surface area (Å²) in [6.07, 6.45) is 2.50. The number of esters is 1. The van der Waals surface area contributed by atoms with Gasteiger partial charge in [0.05, 0.1) is 24.4 Å². The highest BCUT2D eigenvalue weighted by Crippen LogP contribution is 2.26. The molecule has 3 aromatic rings. The summed E-state index contributed by atoms with van der Waals surface area (Å²) in [5, 5.41) is 13.6. The second-order valence-corrected chi connectivity index (χ2v) is 7.00. The Morgan fingerprint density at radius 2 is 1.90 bits per heavy atom. The largest absolute Gasteiger partial charge is 0.462 e. The zero-order chi connectivity index (χ0) is 21.5. The number of anilines is 1. The Morgan fingerprint density at radius 1 is 1.17 bits per heavy atom. The number of nitriles is 1. The van der Waals surface area contributed by atoms with Crippen molar-refractivity contribution in [3.63, 3.8) is 0 Å². The van der Waals surface area contributed by atoms with Crippen LogP contribution in [0.3, 0.4) is 0 Å². The summed E-state index contributed by atoms with van der Waals surface area (Å²) in [5.41, 5.74) is 4.18. The molecule has 0 fully saturated rings. The van der Waals surface area contributed by atoms with Gasteiger partial charge in [0.2, 0.25) is 0 Å². The number of carbonyl (C=O) groups is 1. The van der Waals surface area contributed by atoms with Crippen LogP contribution in [0.15, 0.2) is 54.7 Å². The van der Waals surface area contributed by atoms with Gasteiger partial charge in [0.15, 0.2) is 0 Å². The molecule has 3 rings (SSSR count). The number of benzene rings is 2. The highest BCUT2D eigenvalue weighted by Gasteiger charge is 2.22. The van der Waals surface area contributed by atoms with Gasteiger partial charge in [-0.05, 0) is 36.1 Å². The molecule has 0 aliphatic carbocycles. The number of hydrogen-bond donors (Lipinski definition) is 0. The van der Waals surface area contributed by atoms with Crippen molar-refractivity contribution in [2.24, 2.45) is 7.05 Å². The van der Waals surface area contributed by atoms with Crippen molar-refractivity contribution in [3.05, 3.63) is 71.4 Å². The van der Waals surface area contributed by atoms with Crippen molar-refractivity contribution < 1.29 is 9.53 Å². The van der Waals surface area contributed by atoms with E-state index in [1.807, 2.05) is 43.4 Å². The fourth-order valence-electron chi connectivity index (χ4n) is 3.53. The summed E-state index contributed by atoms with van der Waals surface area (Å²) >= 11 is 0. The lowest BCUT2D eigenvalue weighted by molar-refractivity contribution is 0.0527. The predicted octanol–water partition coefficient (Wildman–Crippen LogP) is 4.55. The monoisotopic (exact) mass is 402 g/mol. The third-order valence-corrected chi connectivity index (χ3v) is 4.88. The van der Waals surface area contributed by atoms with Crippen molar-refractivity contribution in [2.75, 3.05) is 18.1 Å². The predicted molar refractivity (Wildman–Crippen MR) is 117 cm³/mol. The quantitative estimate of drug-likeness (QED) is 0.517. The number of hydrogen-bond acceptors (Lipinski definition) is 5. The van der Waals surface area contributed by atoms with Crippen LogP contribution in [0, 0.1) is 11.3 Å². The Balaban J connectivity index is 1.87. The fraction of sp³-hybridized carbons (Fsp3) is 0.292. The highest BCUT2D eigenvalue weighted by molar-refractivity contribution is 5.94. The molecular weight excluding hydrogens is 376 g/mol. The minimum absolute atomic E-state index is 0.326. The molecule has 0 N–H and O–H groups in total. The molecular formula is C24H26N4O2. The van der Waals surface area contributed by atoms with Crippen molar-refractivity contribution in [1.82, 2.24) is 9.78 Å². The first-order valence-corrected chi connectivity index (χ1v) is 10.1. The van der Waals surface area contributed by atoms with Crippen LogP contribution < -0.4 is 4.90 Å². The molecule has 154 valence electrons. The molecule has 0 atom stereocenters. The molecule has 0 spiro atoms. The average molecular weight is 402 g/mol. The Bertz CT molecular complexity index is 1050. The number of ether oxygens (including phenoxy) is 1. The third kappa shape index (κ3) is 4.52. The van der Waals surface area contributed by atoms with Crippen LogP contribution in [-0.4, -0.2) is 28.9 Å². The van der Waals surface area contributed by atoms with Gasteiger partial charge in [-0.15, -0.1) is 0 Å². The lowest BCUT2D eigenvalue weighted by Crippen LogP contribution is -2.27. The SMILES string of the molecule is CCCN(Cc1ccc(-c2ccccc2C#N)cc1)c1c(C(=O)OCC)cnn1C. The molecule has 30 heavy (non-hydrogen) atoms. The van der Waals surface area contributed by atoms with Crippen LogP contribution in [0.5, 0.6) is 0 Å². The van der Waals surface area contributed by atoms with Crippen LogP contribution in [0.25, 0.3) is 11.1 Å². The first-order chi connectivity index (χ1) is 14.6. The molecule has 2 aromatic carbocycles. The molecule has 0 aliphatic heterocycles. The van der Waals surface area contributed by atoms with Gasteiger partial charge >= 0.3 is 5.97 Å². The lowest BCUT2D eigenvalue weighted by atomic mass is 9.99. The zero-order valence-corrected chi connectivity index (χ0v) is 17.6. The van der Waals surface area contributed by atoms with Crippen LogP contribution in [0.2, 0.25) is 0 Å².